The summed E-state index contributed by atoms with van der Waals surface area (Å²) >= 11 is 0. The van der Waals surface area contributed by atoms with E-state index < -0.39 is 0 Å². The van der Waals surface area contributed by atoms with E-state index in [-0.39, 0.29) is 0 Å². The minimum absolute atomic E-state index is 0.657. The molecular formula is C13H21N3O. The molecule has 4 heteroatoms. The van der Waals surface area contributed by atoms with Crippen molar-refractivity contribution >= 4 is 5.82 Å². The number of aromatic nitrogens is 1. The van der Waals surface area contributed by atoms with Gasteiger partial charge < -0.3 is 15.4 Å². The summed E-state index contributed by atoms with van der Waals surface area (Å²) in [6, 6.07) is 5.85. The van der Waals surface area contributed by atoms with Gasteiger partial charge in [-0.2, -0.15) is 4.98 Å². The second-order valence-electron chi connectivity index (χ2n) is 4.37. The molecule has 2 N–H and O–H groups in total. The van der Waals surface area contributed by atoms with Crippen LogP contribution in [0.25, 0.3) is 0 Å². The van der Waals surface area contributed by atoms with Crippen LogP contribution in [0.5, 0.6) is 5.88 Å². The average Bonchev–Trinajstić information content (AvgIpc) is 2.39. The van der Waals surface area contributed by atoms with Crippen LogP contribution in [0.2, 0.25) is 0 Å². The summed E-state index contributed by atoms with van der Waals surface area (Å²) in [5.41, 5.74) is 0. The van der Waals surface area contributed by atoms with Crippen molar-refractivity contribution in [1.29, 1.82) is 0 Å². The molecule has 94 valence electrons. The summed E-state index contributed by atoms with van der Waals surface area (Å²) in [5, 5.41) is 6.77. The molecule has 1 fully saturated rings. The Morgan fingerprint density at radius 1 is 1.41 bits per heavy atom. The van der Waals surface area contributed by atoms with Gasteiger partial charge in [0.05, 0.1) is 6.61 Å². The molecule has 4 nitrogen and oxygen atoms in total. The number of piperidine rings is 1. The molecule has 0 atom stereocenters. The third-order valence-electron chi connectivity index (χ3n) is 3.05. The van der Waals surface area contributed by atoms with E-state index in [2.05, 4.69) is 15.6 Å². The van der Waals surface area contributed by atoms with Gasteiger partial charge in [0.15, 0.2) is 0 Å². The first kappa shape index (κ1) is 12.2. The zero-order valence-corrected chi connectivity index (χ0v) is 10.4. The molecule has 0 bridgehead atoms. The highest BCUT2D eigenvalue weighted by molar-refractivity contribution is 5.37. The van der Waals surface area contributed by atoms with E-state index in [1.165, 1.54) is 12.8 Å². The summed E-state index contributed by atoms with van der Waals surface area (Å²) in [6.45, 7) is 5.91. The number of rotatable bonds is 5. The lowest BCUT2D eigenvalue weighted by Gasteiger charge is -2.23. The van der Waals surface area contributed by atoms with Gasteiger partial charge in [-0.15, -0.1) is 0 Å². The molecule has 1 aromatic rings. The third kappa shape index (κ3) is 3.89. The molecule has 1 aliphatic heterocycles. The van der Waals surface area contributed by atoms with Crippen molar-refractivity contribution in [2.45, 2.75) is 19.8 Å². The fraction of sp³-hybridized carbons (Fsp3) is 0.615. The van der Waals surface area contributed by atoms with Crippen LogP contribution in [0.3, 0.4) is 0 Å². The standard InChI is InChI=1S/C13H21N3O/c1-2-17-13-5-3-4-12(16-13)15-10-11-6-8-14-9-7-11/h3-5,11,14H,2,6-10H2,1H3,(H,15,16). The Labute approximate surface area is 103 Å². The van der Waals surface area contributed by atoms with Crippen LogP contribution in [-0.2, 0) is 0 Å². The van der Waals surface area contributed by atoms with Crippen LogP contribution >= 0.6 is 0 Å². The molecule has 1 aliphatic rings. The Bertz CT molecular complexity index is 337. The monoisotopic (exact) mass is 235 g/mol. The topological polar surface area (TPSA) is 46.2 Å². The van der Waals surface area contributed by atoms with Crippen molar-refractivity contribution < 1.29 is 4.74 Å². The first-order chi connectivity index (χ1) is 8.38. The summed E-state index contributed by atoms with van der Waals surface area (Å²) in [6.07, 6.45) is 2.50. The molecule has 2 rings (SSSR count). The first-order valence-corrected chi connectivity index (χ1v) is 6.43. The zero-order valence-electron chi connectivity index (χ0n) is 10.4. The maximum absolute atomic E-state index is 5.38. The number of anilines is 1. The van der Waals surface area contributed by atoms with Gasteiger partial charge in [-0.05, 0) is 44.8 Å². The fourth-order valence-corrected chi connectivity index (χ4v) is 2.08. The molecular weight excluding hydrogens is 214 g/mol. The molecule has 0 aromatic carbocycles. The van der Waals surface area contributed by atoms with E-state index in [0.717, 1.165) is 31.4 Å². The van der Waals surface area contributed by atoms with Crippen molar-refractivity contribution in [3.05, 3.63) is 18.2 Å². The van der Waals surface area contributed by atoms with Crippen molar-refractivity contribution in [3.63, 3.8) is 0 Å². The molecule has 0 amide bonds. The second-order valence-corrected chi connectivity index (χ2v) is 4.37. The van der Waals surface area contributed by atoms with Crippen molar-refractivity contribution in [2.75, 3.05) is 31.6 Å². The van der Waals surface area contributed by atoms with Crippen molar-refractivity contribution in [1.82, 2.24) is 10.3 Å². The number of nitrogens with zero attached hydrogens (tertiary/aromatic N) is 1. The number of pyridine rings is 1. The summed E-state index contributed by atoms with van der Waals surface area (Å²) in [5.74, 6) is 2.37. The maximum Gasteiger partial charge on any atom is 0.215 e. The molecule has 1 saturated heterocycles. The predicted molar refractivity (Wildman–Crippen MR) is 69.5 cm³/mol. The van der Waals surface area contributed by atoms with Gasteiger partial charge in [0, 0.05) is 12.6 Å². The molecule has 0 aliphatic carbocycles. The van der Waals surface area contributed by atoms with Gasteiger partial charge in [0.1, 0.15) is 5.82 Å². The average molecular weight is 235 g/mol. The highest BCUT2D eigenvalue weighted by Gasteiger charge is 2.12. The van der Waals surface area contributed by atoms with E-state index in [9.17, 15) is 0 Å². The largest absolute Gasteiger partial charge is 0.478 e. The molecule has 2 heterocycles. The van der Waals surface area contributed by atoms with Gasteiger partial charge in [0.25, 0.3) is 0 Å². The smallest absolute Gasteiger partial charge is 0.215 e. The van der Waals surface area contributed by atoms with E-state index in [0.29, 0.717) is 12.5 Å². The molecule has 0 saturated carbocycles. The molecule has 1 aromatic heterocycles. The van der Waals surface area contributed by atoms with E-state index >= 15 is 0 Å². The Morgan fingerprint density at radius 3 is 3.00 bits per heavy atom. The Morgan fingerprint density at radius 2 is 2.24 bits per heavy atom. The normalized spacial score (nSPS) is 16.8. The first-order valence-electron chi connectivity index (χ1n) is 6.43. The highest BCUT2D eigenvalue weighted by atomic mass is 16.5. The van der Waals surface area contributed by atoms with E-state index in [1.807, 2.05) is 25.1 Å². The minimum atomic E-state index is 0.657. The van der Waals surface area contributed by atoms with Gasteiger partial charge in [-0.3, -0.25) is 0 Å². The van der Waals surface area contributed by atoms with Crippen LogP contribution in [0.4, 0.5) is 5.82 Å². The Hall–Kier alpha value is -1.29. The third-order valence-corrected chi connectivity index (χ3v) is 3.05. The number of hydrogen-bond acceptors (Lipinski definition) is 4. The lowest BCUT2D eigenvalue weighted by atomic mass is 9.98. The zero-order chi connectivity index (χ0) is 11.9. The van der Waals surface area contributed by atoms with Crippen LogP contribution in [0.15, 0.2) is 18.2 Å². The van der Waals surface area contributed by atoms with E-state index in [1.54, 1.807) is 0 Å². The SMILES string of the molecule is CCOc1cccc(NCC2CCNCC2)n1. The quantitative estimate of drug-likeness (QED) is 0.818. The van der Waals surface area contributed by atoms with Gasteiger partial charge >= 0.3 is 0 Å². The van der Waals surface area contributed by atoms with Gasteiger partial charge in [-0.1, -0.05) is 6.07 Å². The second kappa shape index (κ2) is 6.45. The van der Waals surface area contributed by atoms with Crippen LogP contribution in [0, 0.1) is 5.92 Å². The molecule has 0 unspecified atom stereocenters. The van der Waals surface area contributed by atoms with Crippen LogP contribution in [0.1, 0.15) is 19.8 Å². The molecule has 0 radical (unpaired) electrons. The molecule has 0 spiro atoms. The lowest BCUT2D eigenvalue weighted by Crippen LogP contribution is -2.31. The van der Waals surface area contributed by atoms with Crippen molar-refractivity contribution in [2.24, 2.45) is 5.92 Å². The van der Waals surface area contributed by atoms with Crippen LogP contribution < -0.4 is 15.4 Å². The maximum atomic E-state index is 5.38. The predicted octanol–water partition coefficient (Wildman–Crippen LogP) is 1.89. The lowest BCUT2D eigenvalue weighted by molar-refractivity contribution is 0.327. The summed E-state index contributed by atoms with van der Waals surface area (Å²) < 4.78 is 5.38. The summed E-state index contributed by atoms with van der Waals surface area (Å²) in [4.78, 5) is 4.40. The van der Waals surface area contributed by atoms with Crippen molar-refractivity contribution in [3.8, 4) is 5.88 Å². The van der Waals surface area contributed by atoms with Gasteiger partial charge in [0.2, 0.25) is 5.88 Å². The minimum Gasteiger partial charge on any atom is -0.478 e. The molecule has 17 heavy (non-hydrogen) atoms. The highest BCUT2D eigenvalue weighted by Crippen LogP contribution is 2.15. The Balaban J connectivity index is 1.83. The number of hydrogen-bond donors (Lipinski definition) is 2. The van der Waals surface area contributed by atoms with E-state index in [4.69, 9.17) is 4.74 Å². The fourth-order valence-electron chi connectivity index (χ4n) is 2.08. The van der Waals surface area contributed by atoms with Crippen LogP contribution in [-0.4, -0.2) is 31.2 Å². The Kier molecular flexibility index (Phi) is 4.62. The summed E-state index contributed by atoms with van der Waals surface area (Å²) in [7, 11) is 0. The number of nitrogens with one attached hydrogen (secondary N) is 2. The van der Waals surface area contributed by atoms with Gasteiger partial charge in [-0.25, -0.2) is 0 Å². The number of ether oxygens (including phenoxy) is 1.